The number of nitrogens with zero attached hydrogens (tertiary/aromatic N) is 1. The summed E-state index contributed by atoms with van der Waals surface area (Å²) in [4.78, 5) is 5.76. The van der Waals surface area contributed by atoms with Crippen molar-refractivity contribution in [1.82, 2.24) is 4.98 Å². The summed E-state index contributed by atoms with van der Waals surface area (Å²) in [5.41, 5.74) is 2.02. The van der Waals surface area contributed by atoms with Crippen molar-refractivity contribution < 1.29 is 0 Å². The first-order chi connectivity index (χ1) is 10.4. The van der Waals surface area contributed by atoms with Crippen LogP contribution in [-0.4, -0.2) is 4.98 Å². The number of hydrogen-bond donors (Lipinski definition) is 0. The maximum atomic E-state index is 4.55. The van der Waals surface area contributed by atoms with Crippen molar-refractivity contribution in [1.29, 1.82) is 0 Å². The van der Waals surface area contributed by atoms with Gasteiger partial charge in [-0.2, -0.15) is 0 Å². The van der Waals surface area contributed by atoms with Crippen LogP contribution in [0, 0.1) is 11.8 Å². The average molecular weight is 291 g/mol. The van der Waals surface area contributed by atoms with Crippen molar-refractivity contribution in [3.05, 3.63) is 54.2 Å². The van der Waals surface area contributed by atoms with Crippen molar-refractivity contribution in [2.24, 2.45) is 0 Å². The fraction of sp³-hybridized carbons (Fsp3) is 0.211. The van der Waals surface area contributed by atoms with Crippen LogP contribution >= 0.6 is 11.3 Å². The van der Waals surface area contributed by atoms with Gasteiger partial charge < -0.3 is 0 Å². The van der Waals surface area contributed by atoms with Crippen LogP contribution in [0.1, 0.15) is 31.7 Å². The van der Waals surface area contributed by atoms with Crippen LogP contribution in [0.15, 0.2) is 48.7 Å². The molecule has 2 heterocycles. The molecular weight excluding hydrogens is 274 g/mol. The van der Waals surface area contributed by atoms with E-state index in [1.165, 1.54) is 27.8 Å². The lowest BCUT2D eigenvalue weighted by molar-refractivity contribution is 0.828. The highest BCUT2D eigenvalue weighted by molar-refractivity contribution is 7.22. The molecule has 0 saturated heterocycles. The van der Waals surface area contributed by atoms with E-state index in [1.807, 2.05) is 6.20 Å². The van der Waals surface area contributed by atoms with Gasteiger partial charge in [-0.1, -0.05) is 43.4 Å². The summed E-state index contributed by atoms with van der Waals surface area (Å²) >= 11 is 1.78. The second-order valence-electron chi connectivity index (χ2n) is 4.99. The minimum atomic E-state index is 0.967. The van der Waals surface area contributed by atoms with E-state index in [-0.39, 0.29) is 0 Å². The smallest absolute Gasteiger partial charge is 0.0803 e. The predicted octanol–water partition coefficient (Wildman–Crippen LogP) is 5.51. The molecule has 0 fully saturated rings. The molecule has 0 spiro atoms. The molecule has 0 unspecified atom stereocenters. The minimum Gasteiger partial charge on any atom is -0.254 e. The van der Waals surface area contributed by atoms with Gasteiger partial charge in [0.15, 0.2) is 0 Å². The minimum absolute atomic E-state index is 0.967. The SMILES string of the molecule is CCCCC#Cc1ccc(-c2cc3ccccc3s2)nc1. The highest BCUT2D eigenvalue weighted by atomic mass is 32.1. The van der Waals surface area contributed by atoms with E-state index >= 15 is 0 Å². The van der Waals surface area contributed by atoms with Crippen LogP contribution in [0.2, 0.25) is 0 Å². The zero-order chi connectivity index (χ0) is 14.5. The molecule has 1 aromatic carbocycles. The van der Waals surface area contributed by atoms with Crippen molar-refractivity contribution in [3.63, 3.8) is 0 Å². The molecule has 0 bridgehead atoms. The maximum Gasteiger partial charge on any atom is 0.0803 e. The van der Waals surface area contributed by atoms with Gasteiger partial charge in [-0.15, -0.1) is 11.3 Å². The normalized spacial score (nSPS) is 10.3. The Labute approximate surface area is 129 Å². The third-order valence-corrected chi connectivity index (χ3v) is 4.47. The molecule has 0 aliphatic rings. The Morgan fingerprint density at radius 1 is 1.14 bits per heavy atom. The molecule has 2 heteroatoms. The van der Waals surface area contributed by atoms with Gasteiger partial charge in [0, 0.05) is 22.9 Å². The number of thiophene rings is 1. The molecule has 0 N–H and O–H groups in total. The lowest BCUT2D eigenvalue weighted by Crippen LogP contribution is -1.82. The first-order valence-corrected chi connectivity index (χ1v) is 8.12. The van der Waals surface area contributed by atoms with Gasteiger partial charge in [-0.25, -0.2) is 0 Å². The molecule has 104 valence electrons. The fourth-order valence-corrected chi connectivity index (χ4v) is 3.19. The van der Waals surface area contributed by atoms with Crippen LogP contribution in [0.4, 0.5) is 0 Å². The van der Waals surface area contributed by atoms with Crippen LogP contribution < -0.4 is 0 Å². The third-order valence-electron chi connectivity index (χ3n) is 3.33. The summed E-state index contributed by atoms with van der Waals surface area (Å²) in [6.45, 7) is 2.18. The van der Waals surface area contributed by atoms with E-state index in [4.69, 9.17) is 0 Å². The number of fused-ring (bicyclic) bond motifs is 1. The van der Waals surface area contributed by atoms with E-state index in [9.17, 15) is 0 Å². The molecule has 21 heavy (non-hydrogen) atoms. The summed E-state index contributed by atoms with van der Waals surface area (Å²) in [7, 11) is 0. The Morgan fingerprint density at radius 2 is 2.05 bits per heavy atom. The first-order valence-electron chi connectivity index (χ1n) is 7.30. The summed E-state index contributed by atoms with van der Waals surface area (Å²) < 4.78 is 1.30. The van der Waals surface area contributed by atoms with E-state index in [0.717, 1.165) is 17.7 Å². The third kappa shape index (κ3) is 3.32. The molecule has 3 rings (SSSR count). The summed E-state index contributed by atoms with van der Waals surface area (Å²) in [6.07, 6.45) is 5.20. The van der Waals surface area contributed by atoms with Gasteiger partial charge in [-0.3, -0.25) is 4.98 Å². The Bertz CT molecular complexity index is 755. The summed E-state index contributed by atoms with van der Waals surface area (Å²) in [5, 5.41) is 1.28. The zero-order valence-electron chi connectivity index (χ0n) is 12.1. The molecule has 0 atom stereocenters. The molecule has 0 aliphatic carbocycles. The van der Waals surface area contributed by atoms with Gasteiger partial charge in [0.2, 0.25) is 0 Å². The van der Waals surface area contributed by atoms with Crippen LogP contribution in [0.5, 0.6) is 0 Å². The summed E-state index contributed by atoms with van der Waals surface area (Å²) in [6, 6.07) is 14.8. The zero-order valence-corrected chi connectivity index (χ0v) is 12.9. The van der Waals surface area contributed by atoms with Crippen molar-refractivity contribution in [2.75, 3.05) is 0 Å². The number of pyridine rings is 1. The number of benzene rings is 1. The van der Waals surface area contributed by atoms with Crippen LogP contribution in [0.3, 0.4) is 0 Å². The monoisotopic (exact) mass is 291 g/mol. The van der Waals surface area contributed by atoms with Gasteiger partial charge in [0.25, 0.3) is 0 Å². The van der Waals surface area contributed by atoms with E-state index in [0.29, 0.717) is 0 Å². The molecule has 0 saturated carbocycles. The van der Waals surface area contributed by atoms with Crippen molar-refractivity contribution in [3.8, 4) is 22.4 Å². The lowest BCUT2D eigenvalue weighted by atomic mass is 10.2. The van der Waals surface area contributed by atoms with Crippen LogP contribution in [-0.2, 0) is 0 Å². The summed E-state index contributed by atoms with van der Waals surface area (Å²) in [5.74, 6) is 6.37. The van der Waals surface area contributed by atoms with E-state index in [1.54, 1.807) is 11.3 Å². The molecule has 1 nitrogen and oxygen atoms in total. The molecular formula is C19H17NS. The highest BCUT2D eigenvalue weighted by Gasteiger charge is 2.04. The molecule has 3 aromatic rings. The number of hydrogen-bond acceptors (Lipinski definition) is 2. The van der Waals surface area contributed by atoms with E-state index in [2.05, 4.69) is 66.2 Å². The Hall–Kier alpha value is -2.11. The molecule has 0 radical (unpaired) electrons. The number of rotatable bonds is 3. The van der Waals surface area contributed by atoms with Crippen molar-refractivity contribution >= 4 is 21.4 Å². The molecule has 0 aliphatic heterocycles. The van der Waals surface area contributed by atoms with Gasteiger partial charge >= 0.3 is 0 Å². The average Bonchev–Trinajstić information content (AvgIpc) is 2.96. The van der Waals surface area contributed by atoms with Crippen LogP contribution in [0.25, 0.3) is 20.7 Å². The predicted molar refractivity (Wildman–Crippen MR) is 91.5 cm³/mol. The number of aromatic nitrogens is 1. The van der Waals surface area contributed by atoms with E-state index < -0.39 is 0 Å². The van der Waals surface area contributed by atoms with Crippen molar-refractivity contribution in [2.45, 2.75) is 26.2 Å². The van der Waals surface area contributed by atoms with Gasteiger partial charge in [0.05, 0.1) is 10.6 Å². The highest BCUT2D eigenvalue weighted by Crippen LogP contribution is 2.32. The largest absolute Gasteiger partial charge is 0.254 e. The van der Waals surface area contributed by atoms with Gasteiger partial charge in [-0.05, 0) is 36.1 Å². The molecule has 0 amide bonds. The maximum absolute atomic E-state index is 4.55. The second kappa shape index (κ2) is 6.56. The Morgan fingerprint density at radius 3 is 2.81 bits per heavy atom. The molecule has 2 aromatic heterocycles. The quantitative estimate of drug-likeness (QED) is 0.458. The Kier molecular flexibility index (Phi) is 4.33. The first kappa shape index (κ1) is 13.9. The van der Waals surface area contributed by atoms with Gasteiger partial charge in [0.1, 0.15) is 0 Å². The Balaban J connectivity index is 1.81. The second-order valence-corrected chi connectivity index (χ2v) is 6.07. The fourth-order valence-electron chi connectivity index (χ4n) is 2.15. The topological polar surface area (TPSA) is 12.9 Å². The standard InChI is InChI=1S/C19H17NS/c1-2-3-4-5-8-15-11-12-17(20-14-15)19-13-16-9-6-7-10-18(16)21-19/h6-7,9-14H,2-4H2,1H3. The lowest BCUT2D eigenvalue weighted by Gasteiger charge is -1.96. The number of unbranched alkanes of at least 4 members (excludes halogenated alkanes) is 2.